The van der Waals surface area contributed by atoms with Gasteiger partial charge in [0.05, 0.1) is 45.7 Å². The lowest BCUT2D eigenvalue weighted by Gasteiger charge is -2.28. The highest BCUT2D eigenvalue weighted by atomic mass is 15.3. The maximum Gasteiger partial charge on any atom is 0.0522 e. The summed E-state index contributed by atoms with van der Waals surface area (Å²) in [6.45, 7) is 18.0. The summed E-state index contributed by atoms with van der Waals surface area (Å²) in [6.07, 6.45) is 6.79. The van der Waals surface area contributed by atoms with Crippen molar-refractivity contribution in [3.8, 4) is 0 Å². The summed E-state index contributed by atoms with van der Waals surface area (Å²) < 4.78 is 0. The molecule has 0 unspecified atom stereocenters. The SMILES string of the molecule is CC1(C)C2=NN=C1CCC1=NN=C(CCC3=NN=C(CCC4=NN=C(CC2)C4(C)C)C3(C)C)C1(C)C. The third kappa shape index (κ3) is 3.97. The highest BCUT2D eigenvalue weighted by Gasteiger charge is 2.42. The zero-order chi connectivity index (χ0) is 25.9. The summed E-state index contributed by atoms with van der Waals surface area (Å²) in [7, 11) is 0. The van der Waals surface area contributed by atoms with Crippen LogP contribution in [0, 0.1) is 21.7 Å². The van der Waals surface area contributed by atoms with Crippen LogP contribution in [-0.2, 0) is 0 Å². The predicted octanol–water partition coefficient (Wildman–Crippen LogP) is 6.47. The molecule has 0 aromatic carbocycles. The molecule has 8 bridgehead atoms. The van der Waals surface area contributed by atoms with Gasteiger partial charge in [-0.15, -0.1) is 0 Å². The van der Waals surface area contributed by atoms with E-state index in [9.17, 15) is 0 Å². The van der Waals surface area contributed by atoms with Crippen molar-refractivity contribution in [1.29, 1.82) is 0 Å². The summed E-state index contributed by atoms with van der Waals surface area (Å²) in [5.74, 6) is 0. The molecule has 1 aliphatic carbocycles. The molecule has 0 amide bonds. The first-order valence-electron chi connectivity index (χ1n) is 13.4. The fraction of sp³-hybridized carbons (Fsp3) is 0.714. The summed E-state index contributed by atoms with van der Waals surface area (Å²) in [4.78, 5) is 0. The largest absolute Gasteiger partial charge is 0.159 e. The molecule has 0 spiro atoms. The molecule has 8 nitrogen and oxygen atoms in total. The van der Waals surface area contributed by atoms with Gasteiger partial charge in [0.1, 0.15) is 0 Å². The van der Waals surface area contributed by atoms with Crippen molar-refractivity contribution in [3.05, 3.63) is 0 Å². The molecule has 1 fully saturated rings. The van der Waals surface area contributed by atoms with E-state index in [-0.39, 0.29) is 21.7 Å². The molecule has 0 atom stereocenters. The van der Waals surface area contributed by atoms with Crippen molar-refractivity contribution >= 4 is 45.7 Å². The molecule has 36 heavy (non-hydrogen) atoms. The fourth-order valence-corrected chi connectivity index (χ4v) is 6.00. The van der Waals surface area contributed by atoms with Crippen LogP contribution in [0.2, 0.25) is 0 Å². The Morgan fingerprint density at radius 3 is 0.500 bits per heavy atom. The van der Waals surface area contributed by atoms with Gasteiger partial charge in [-0.25, -0.2) is 0 Å². The Labute approximate surface area is 215 Å². The van der Waals surface area contributed by atoms with Crippen molar-refractivity contribution in [2.24, 2.45) is 62.5 Å². The van der Waals surface area contributed by atoms with Gasteiger partial charge in [0.25, 0.3) is 0 Å². The van der Waals surface area contributed by atoms with Gasteiger partial charge in [-0.3, -0.25) is 0 Å². The minimum Gasteiger partial charge on any atom is -0.159 e. The van der Waals surface area contributed by atoms with Gasteiger partial charge >= 0.3 is 0 Å². The summed E-state index contributed by atoms with van der Waals surface area (Å²) >= 11 is 0. The Morgan fingerprint density at radius 2 is 0.389 bits per heavy atom. The highest BCUT2D eigenvalue weighted by molar-refractivity contribution is 6.21. The molecular weight excluding hydrogens is 448 g/mol. The van der Waals surface area contributed by atoms with Crippen LogP contribution >= 0.6 is 0 Å². The van der Waals surface area contributed by atoms with Crippen molar-refractivity contribution in [2.75, 3.05) is 0 Å². The van der Waals surface area contributed by atoms with Gasteiger partial charge in [0.2, 0.25) is 0 Å². The van der Waals surface area contributed by atoms with E-state index in [4.69, 9.17) is 0 Å². The van der Waals surface area contributed by atoms with Crippen LogP contribution in [0.4, 0.5) is 0 Å². The molecule has 192 valence electrons. The molecule has 5 rings (SSSR count). The Kier molecular flexibility index (Phi) is 5.88. The first-order chi connectivity index (χ1) is 16.8. The van der Waals surface area contributed by atoms with Gasteiger partial charge in [0.15, 0.2) is 0 Å². The minimum absolute atomic E-state index is 0.151. The summed E-state index contributed by atoms with van der Waals surface area (Å²) in [6, 6.07) is 0. The maximum atomic E-state index is 4.64. The molecule has 1 saturated carbocycles. The van der Waals surface area contributed by atoms with Crippen LogP contribution < -0.4 is 0 Å². The summed E-state index contributed by atoms with van der Waals surface area (Å²) in [5, 5.41) is 37.1. The second kappa shape index (κ2) is 8.45. The average molecular weight is 489 g/mol. The second-order valence-corrected chi connectivity index (χ2v) is 12.9. The Bertz CT molecular complexity index is 948. The lowest BCUT2D eigenvalue weighted by molar-refractivity contribution is 0.669. The molecule has 5 aliphatic rings. The van der Waals surface area contributed by atoms with Crippen molar-refractivity contribution in [3.63, 3.8) is 0 Å². The van der Waals surface area contributed by atoms with E-state index >= 15 is 0 Å². The number of rotatable bonds is 0. The van der Waals surface area contributed by atoms with E-state index in [1.807, 2.05) is 0 Å². The van der Waals surface area contributed by atoms with E-state index in [0.29, 0.717) is 0 Å². The predicted molar refractivity (Wildman–Crippen MR) is 152 cm³/mol. The number of nitrogens with zero attached hydrogens (tertiary/aromatic N) is 8. The Morgan fingerprint density at radius 1 is 0.278 bits per heavy atom. The number of hydrogen-bond acceptors (Lipinski definition) is 8. The van der Waals surface area contributed by atoms with E-state index in [0.717, 1.165) is 97.1 Å². The molecule has 8 heteroatoms. The first-order valence-corrected chi connectivity index (χ1v) is 13.4. The Hall–Kier alpha value is -2.64. The maximum absolute atomic E-state index is 4.64. The summed E-state index contributed by atoms with van der Waals surface area (Å²) in [5.41, 5.74) is 8.47. The molecule has 4 heterocycles. The molecular formula is C28H40N8. The van der Waals surface area contributed by atoms with Crippen molar-refractivity contribution < 1.29 is 0 Å². The molecule has 0 N–H and O–H groups in total. The van der Waals surface area contributed by atoms with E-state index in [1.54, 1.807) is 0 Å². The van der Waals surface area contributed by atoms with Crippen molar-refractivity contribution in [2.45, 2.75) is 107 Å². The van der Waals surface area contributed by atoms with Gasteiger partial charge in [0, 0.05) is 21.7 Å². The van der Waals surface area contributed by atoms with Crippen LogP contribution in [0.1, 0.15) is 107 Å². The molecule has 0 aromatic rings. The quantitative estimate of drug-likeness (QED) is 0.373. The third-order valence-electron chi connectivity index (χ3n) is 9.33. The lowest BCUT2D eigenvalue weighted by atomic mass is 9.73. The molecule has 0 saturated heterocycles. The number of fused-ring (bicyclic) bond motifs is 8. The van der Waals surface area contributed by atoms with Gasteiger partial charge in [-0.2, -0.15) is 40.8 Å². The smallest absolute Gasteiger partial charge is 0.0522 e. The van der Waals surface area contributed by atoms with Crippen molar-refractivity contribution in [1.82, 2.24) is 0 Å². The van der Waals surface area contributed by atoms with Gasteiger partial charge in [-0.1, -0.05) is 0 Å². The monoisotopic (exact) mass is 488 g/mol. The van der Waals surface area contributed by atoms with Gasteiger partial charge < -0.3 is 0 Å². The topological polar surface area (TPSA) is 98.9 Å². The van der Waals surface area contributed by atoms with E-state index < -0.39 is 0 Å². The molecule has 4 aliphatic heterocycles. The normalized spacial score (nSPS) is 28.2. The van der Waals surface area contributed by atoms with Gasteiger partial charge in [-0.05, 0) is 107 Å². The van der Waals surface area contributed by atoms with E-state index in [2.05, 4.69) is 96.2 Å². The first kappa shape index (κ1) is 25.0. The van der Waals surface area contributed by atoms with Crippen LogP contribution in [0.5, 0.6) is 0 Å². The molecule has 0 radical (unpaired) electrons. The zero-order valence-electron chi connectivity index (χ0n) is 23.2. The minimum atomic E-state index is -0.151. The third-order valence-corrected chi connectivity index (χ3v) is 9.33. The Balaban J connectivity index is 1.39. The molecule has 0 aromatic heterocycles. The van der Waals surface area contributed by atoms with Crippen LogP contribution in [0.25, 0.3) is 0 Å². The van der Waals surface area contributed by atoms with Crippen LogP contribution in [0.15, 0.2) is 40.8 Å². The second-order valence-electron chi connectivity index (χ2n) is 12.9. The highest BCUT2D eigenvalue weighted by Crippen LogP contribution is 2.38. The average Bonchev–Trinajstić information content (AvgIpc) is 3.43. The number of hydrogen-bond donors (Lipinski definition) is 0. The van der Waals surface area contributed by atoms with Crippen LogP contribution in [0.3, 0.4) is 0 Å². The van der Waals surface area contributed by atoms with E-state index in [1.165, 1.54) is 0 Å². The van der Waals surface area contributed by atoms with Crippen LogP contribution in [-0.4, -0.2) is 45.7 Å². The standard InChI is InChI=1S/C28H40N8/c1-25(2)17-9-11-19-26(3,4)21(33-31-19)13-15-23-28(7,8)24(36-35-23)16-14-22-27(5,6)20(32-34-22)12-10-18(25)30-29-17/h9-16H2,1-8H3. The fourth-order valence-electron chi connectivity index (χ4n) is 6.00. The zero-order valence-corrected chi connectivity index (χ0v) is 23.2. The lowest BCUT2D eigenvalue weighted by Crippen LogP contribution is -2.36.